The fourth-order valence-corrected chi connectivity index (χ4v) is 5.09. The van der Waals surface area contributed by atoms with Crippen LogP contribution in [0.3, 0.4) is 0 Å². The molecule has 0 fully saturated rings. The SMILES string of the molecule is N#Cc1ccc(C2=Cc3c(-c4ccccc4)nc4cc(-c5c(F)cc(C#N)cc5F)ccc4c3C(=N)/C2=N\O)cc1. The topological polar surface area (TPSA) is 117 Å². The van der Waals surface area contributed by atoms with Crippen molar-refractivity contribution in [3.8, 4) is 34.5 Å². The lowest BCUT2D eigenvalue weighted by Gasteiger charge is -2.23. The molecular weight excluding hydrogens is 520 g/mol. The van der Waals surface area contributed by atoms with Crippen molar-refractivity contribution < 1.29 is 14.0 Å². The first kappa shape index (κ1) is 25.3. The molecule has 6 rings (SSSR count). The van der Waals surface area contributed by atoms with Crippen molar-refractivity contribution in [2.45, 2.75) is 0 Å². The second-order valence-electron chi connectivity index (χ2n) is 9.34. The Morgan fingerprint density at radius 1 is 0.756 bits per heavy atom. The first-order valence-corrected chi connectivity index (χ1v) is 12.4. The van der Waals surface area contributed by atoms with Crippen molar-refractivity contribution in [3.05, 3.63) is 124 Å². The van der Waals surface area contributed by atoms with Crippen LogP contribution in [0, 0.1) is 39.7 Å². The smallest absolute Gasteiger partial charge is 0.136 e. The minimum atomic E-state index is -0.875. The molecule has 0 saturated carbocycles. The molecule has 0 amide bonds. The zero-order chi connectivity index (χ0) is 28.7. The van der Waals surface area contributed by atoms with E-state index in [0.29, 0.717) is 44.4 Å². The van der Waals surface area contributed by atoms with Crippen LogP contribution in [0.2, 0.25) is 0 Å². The number of halogens is 2. The molecule has 0 spiro atoms. The highest BCUT2D eigenvalue weighted by Crippen LogP contribution is 2.39. The average Bonchev–Trinajstić information content (AvgIpc) is 3.00. The highest BCUT2D eigenvalue weighted by Gasteiger charge is 2.29. The summed E-state index contributed by atoms with van der Waals surface area (Å²) in [5.41, 5.74) is 4.08. The molecule has 0 aliphatic heterocycles. The molecule has 41 heavy (non-hydrogen) atoms. The van der Waals surface area contributed by atoms with Crippen LogP contribution in [0.4, 0.5) is 8.78 Å². The minimum absolute atomic E-state index is 0.0296. The lowest BCUT2D eigenvalue weighted by atomic mass is 9.82. The summed E-state index contributed by atoms with van der Waals surface area (Å²) in [4.78, 5) is 4.89. The molecule has 4 aromatic carbocycles. The first-order valence-electron chi connectivity index (χ1n) is 12.4. The number of nitriles is 2. The zero-order valence-corrected chi connectivity index (χ0v) is 21.2. The van der Waals surface area contributed by atoms with E-state index in [0.717, 1.165) is 17.7 Å². The normalized spacial score (nSPS) is 13.4. The van der Waals surface area contributed by atoms with Gasteiger partial charge in [0, 0.05) is 27.6 Å². The number of aromatic nitrogens is 1. The molecule has 1 heterocycles. The van der Waals surface area contributed by atoms with Gasteiger partial charge in [-0.1, -0.05) is 59.8 Å². The van der Waals surface area contributed by atoms with Crippen LogP contribution in [0.5, 0.6) is 0 Å². The average molecular weight is 538 g/mol. The lowest BCUT2D eigenvalue weighted by Crippen LogP contribution is -2.22. The number of fused-ring (bicyclic) bond motifs is 3. The highest BCUT2D eigenvalue weighted by atomic mass is 19.1. The Labute approximate surface area is 232 Å². The molecule has 0 saturated heterocycles. The second kappa shape index (κ2) is 9.96. The lowest BCUT2D eigenvalue weighted by molar-refractivity contribution is 0.321. The largest absolute Gasteiger partial charge is 0.410 e. The van der Waals surface area contributed by atoms with Gasteiger partial charge >= 0.3 is 0 Å². The maximum atomic E-state index is 14.9. The quantitative estimate of drug-likeness (QED) is 0.185. The standard InChI is InChI=1S/C33H17F2N5O/c34-26-12-19(17-37)13-27(35)29(26)22-10-11-23-28(14-22)39-32(21-4-2-1-3-5-21)25-15-24(33(40-41)31(38)30(23)25)20-8-6-18(16-36)7-9-20/h1-15,38,41H/b38-31?,40-33-. The molecule has 0 radical (unpaired) electrons. The number of benzene rings is 4. The number of allylic oxidation sites excluding steroid dienone is 1. The molecule has 0 bridgehead atoms. The Kier molecular flexibility index (Phi) is 6.14. The van der Waals surface area contributed by atoms with Gasteiger partial charge in [0.25, 0.3) is 0 Å². The minimum Gasteiger partial charge on any atom is -0.410 e. The van der Waals surface area contributed by atoms with Gasteiger partial charge in [0.2, 0.25) is 0 Å². The third kappa shape index (κ3) is 4.21. The van der Waals surface area contributed by atoms with Crippen molar-refractivity contribution in [2.24, 2.45) is 5.16 Å². The number of hydrogen-bond donors (Lipinski definition) is 2. The molecule has 0 atom stereocenters. The summed E-state index contributed by atoms with van der Waals surface area (Å²) >= 11 is 0. The van der Waals surface area contributed by atoms with Gasteiger partial charge in [0.05, 0.1) is 45.8 Å². The predicted molar refractivity (Wildman–Crippen MR) is 152 cm³/mol. The van der Waals surface area contributed by atoms with Gasteiger partial charge in [-0.25, -0.2) is 13.8 Å². The molecule has 1 aliphatic carbocycles. The Hall–Kier alpha value is -5.99. The van der Waals surface area contributed by atoms with Gasteiger partial charge in [0.1, 0.15) is 17.3 Å². The van der Waals surface area contributed by atoms with E-state index in [-0.39, 0.29) is 28.1 Å². The Balaban J connectivity index is 1.65. The third-order valence-corrected chi connectivity index (χ3v) is 6.99. The summed E-state index contributed by atoms with van der Waals surface area (Å²) in [5, 5.41) is 41.3. The van der Waals surface area contributed by atoms with Crippen LogP contribution in [-0.2, 0) is 0 Å². The van der Waals surface area contributed by atoms with Gasteiger partial charge in [-0.15, -0.1) is 0 Å². The van der Waals surface area contributed by atoms with Gasteiger partial charge in [-0.05, 0) is 47.5 Å². The summed E-state index contributed by atoms with van der Waals surface area (Å²) in [6.45, 7) is 0. The van der Waals surface area contributed by atoms with Gasteiger partial charge in [0.15, 0.2) is 0 Å². The highest BCUT2D eigenvalue weighted by molar-refractivity contribution is 6.65. The summed E-state index contributed by atoms with van der Waals surface area (Å²) in [7, 11) is 0. The van der Waals surface area contributed by atoms with E-state index >= 15 is 0 Å². The van der Waals surface area contributed by atoms with E-state index in [2.05, 4.69) is 11.2 Å². The van der Waals surface area contributed by atoms with Crippen molar-refractivity contribution in [1.82, 2.24) is 4.98 Å². The number of rotatable bonds is 3. The van der Waals surface area contributed by atoms with Gasteiger partial charge in [-0.2, -0.15) is 10.5 Å². The molecule has 1 aromatic heterocycles. The van der Waals surface area contributed by atoms with Gasteiger partial charge < -0.3 is 5.21 Å². The fraction of sp³-hybridized carbons (Fsp3) is 0. The molecule has 2 N–H and O–H groups in total. The van der Waals surface area contributed by atoms with Crippen molar-refractivity contribution in [2.75, 3.05) is 0 Å². The Morgan fingerprint density at radius 3 is 2.05 bits per heavy atom. The van der Waals surface area contributed by atoms with Crippen molar-refractivity contribution >= 4 is 34.0 Å². The van der Waals surface area contributed by atoms with Crippen LogP contribution in [0.1, 0.15) is 27.8 Å². The van der Waals surface area contributed by atoms with Crippen LogP contribution >= 0.6 is 0 Å². The van der Waals surface area contributed by atoms with E-state index in [9.17, 15) is 19.2 Å². The number of oxime groups is 1. The summed E-state index contributed by atoms with van der Waals surface area (Å²) in [6.07, 6.45) is 1.80. The Morgan fingerprint density at radius 2 is 1.41 bits per heavy atom. The Bertz CT molecular complexity index is 2030. The van der Waals surface area contributed by atoms with E-state index < -0.39 is 11.6 Å². The number of pyridine rings is 1. The molecule has 5 aromatic rings. The number of nitrogens with one attached hydrogen (secondary N) is 1. The summed E-state index contributed by atoms with van der Waals surface area (Å²) < 4.78 is 29.8. The van der Waals surface area contributed by atoms with Gasteiger partial charge in [-0.3, -0.25) is 5.41 Å². The van der Waals surface area contributed by atoms with E-state index in [1.165, 1.54) is 6.07 Å². The summed E-state index contributed by atoms with van der Waals surface area (Å²) in [5.74, 6) is -1.75. The number of hydrogen-bond acceptors (Lipinski definition) is 6. The van der Waals surface area contributed by atoms with Crippen LogP contribution in [0.25, 0.3) is 44.9 Å². The van der Waals surface area contributed by atoms with Crippen LogP contribution in [0.15, 0.2) is 90.1 Å². The second-order valence-corrected chi connectivity index (χ2v) is 9.34. The monoisotopic (exact) mass is 537 g/mol. The van der Waals surface area contributed by atoms with Crippen molar-refractivity contribution in [1.29, 1.82) is 15.9 Å². The molecule has 6 nitrogen and oxygen atoms in total. The molecule has 0 unspecified atom stereocenters. The molecule has 194 valence electrons. The zero-order valence-electron chi connectivity index (χ0n) is 21.2. The maximum Gasteiger partial charge on any atom is 0.136 e. The third-order valence-electron chi connectivity index (χ3n) is 6.99. The predicted octanol–water partition coefficient (Wildman–Crippen LogP) is 7.34. The van der Waals surface area contributed by atoms with Crippen LogP contribution < -0.4 is 0 Å². The maximum absolute atomic E-state index is 14.9. The molecule has 8 heteroatoms. The van der Waals surface area contributed by atoms with E-state index in [1.807, 2.05) is 30.3 Å². The fourth-order valence-electron chi connectivity index (χ4n) is 5.09. The van der Waals surface area contributed by atoms with Crippen LogP contribution in [-0.4, -0.2) is 21.6 Å². The first-order chi connectivity index (χ1) is 19.9. The molecular formula is C33H17F2N5O. The number of nitrogens with zero attached hydrogens (tertiary/aromatic N) is 4. The molecule has 1 aliphatic rings. The van der Waals surface area contributed by atoms with Crippen molar-refractivity contribution in [3.63, 3.8) is 0 Å². The van der Waals surface area contributed by atoms with E-state index in [4.69, 9.17) is 15.7 Å². The van der Waals surface area contributed by atoms with E-state index in [1.54, 1.807) is 48.5 Å². The summed E-state index contributed by atoms with van der Waals surface area (Å²) in [6, 6.07) is 26.5.